The molecule has 21 heavy (non-hydrogen) atoms. The molecule has 1 aromatic rings. The van der Waals surface area contributed by atoms with E-state index in [0.717, 1.165) is 25.7 Å². The minimum Gasteiger partial charge on any atom is -0.480 e. The summed E-state index contributed by atoms with van der Waals surface area (Å²) in [5.41, 5.74) is 4.52. The number of nitrogens with zero attached hydrogens (tertiary/aromatic N) is 2. The number of carboxylic acids is 1. The lowest BCUT2D eigenvalue weighted by Crippen LogP contribution is -2.54. The van der Waals surface area contributed by atoms with Gasteiger partial charge in [0.15, 0.2) is 0 Å². The van der Waals surface area contributed by atoms with E-state index in [-0.39, 0.29) is 5.69 Å². The van der Waals surface area contributed by atoms with E-state index in [0.29, 0.717) is 25.9 Å². The highest BCUT2D eigenvalue weighted by Crippen LogP contribution is 2.27. The van der Waals surface area contributed by atoms with E-state index >= 15 is 0 Å². The molecule has 1 heterocycles. The van der Waals surface area contributed by atoms with Crippen molar-refractivity contribution in [2.45, 2.75) is 50.6 Å². The van der Waals surface area contributed by atoms with Crippen LogP contribution in [0.4, 0.5) is 0 Å². The summed E-state index contributed by atoms with van der Waals surface area (Å²) in [5.74, 6) is -1.39. The van der Waals surface area contributed by atoms with Gasteiger partial charge in [-0.05, 0) is 12.8 Å². The maximum absolute atomic E-state index is 12.3. The summed E-state index contributed by atoms with van der Waals surface area (Å²) in [6, 6.07) is 0. The first-order chi connectivity index (χ1) is 10.1. The maximum Gasteiger partial charge on any atom is 0.329 e. The third-order valence-electron chi connectivity index (χ3n) is 3.97. The van der Waals surface area contributed by atoms with Gasteiger partial charge in [0, 0.05) is 19.3 Å². The fourth-order valence-corrected chi connectivity index (χ4v) is 2.75. The van der Waals surface area contributed by atoms with E-state index in [1.807, 2.05) is 0 Å². The Kier molecular flexibility index (Phi) is 4.95. The second-order valence-corrected chi connectivity index (χ2v) is 5.54. The summed E-state index contributed by atoms with van der Waals surface area (Å²) in [6.45, 7) is 1.03. The second kappa shape index (κ2) is 6.71. The number of nitrogens with one attached hydrogen (secondary N) is 1. The Labute approximate surface area is 123 Å². The smallest absolute Gasteiger partial charge is 0.329 e. The number of carboxylic acid groups (broad SMARTS) is 1. The van der Waals surface area contributed by atoms with Crippen LogP contribution in [0.5, 0.6) is 0 Å². The summed E-state index contributed by atoms with van der Waals surface area (Å²) in [5, 5.41) is 12.2. The third kappa shape index (κ3) is 3.60. The van der Waals surface area contributed by atoms with Crippen molar-refractivity contribution in [2.75, 3.05) is 6.54 Å². The van der Waals surface area contributed by atoms with Crippen molar-refractivity contribution in [3.05, 3.63) is 18.2 Å². The first kappa shape index (κ1) is 15.5. The summed E-state index contributed by atoms with van der Waals surface area (Å²) in [7, 11) is 0. The average molecular weight is 294 g/mol. The lowest BCUT2D eigenvalue weighted by atomic mass is 9.90. The van der Waals surface area contributed by atoms with Crippen LogP contribution >= 0.6 is 0 Å². The number of amides is 1. The van der Waals surface area contributed by atoms with E-state index in [1.54, 1.807) is 10.8 Å². The molecule has 1 aliphatic carbocycles. The van der Waals surface area contributed by atoms with Crippen molar-refractivity contribution in [1.82, 2.24) is 14.9 Å². The number of rotatable bonds is 5. The fourth-order valence-electron chi connectivity index (χ4n) is 2.75. The zero-order valence-electron chi connectivity index (χ0n) is 12.0. The van der Waals surface area contributed by atoms with Crippen molar-refractivity contribution in [3.8, 4) is 0 Å². The van der Waals surface area contributed by atoms with Gasteiger partial charge in [-0.3, -0.25) is 4.79 Å². The van der Waals surface area contributed by atoms with Crippen LogP contribution < -0.4 is 11.1 Å². The first-order valence-corrected chi connectivity index (χ1v) is 7.35. The number of carbonyl (C=O) groups excluding carboxylic acids is 1. The molecule has 7 nitrogen and oxygen atoms in total. The number of carbonyl (C=O) groups is 2. The van der Waals surface area contributed by atoms with Gasteiger partial charge in [0.25, 0.3) is 5.91 Å². The van der Waals surface area contributed by atoms with Crippen LogP contribution in [0, 0.1) is 0 Å². The lowest BCUT2D eigenvalue weighted by molar-refractivity contribution is -0.145. The molecule has 0 bridgehead atoms. The van der Waals surface area contributed by atoms with Gasteiger partial charge >= 0.3 is 5.97 Å². The predicted molar refractivity (Wildman–Crippen MR) is 76.8 cm³/mol. The number of hydrogen-bond acceptors (Lipinski definition) is 4. The van der Waals surface area contributed by atoms with Crippen molar-refractivity contribution in [2.24, 2.45) is 5.73 Å². The third-order valence-corrected chi connectivity index (χ3v) is 3.97. The molecule has 0 aliphatic heterocycles. The minimum atomic E-state index is -1.16. The SMILES string of the molecule is NCCn1cnc(C(=O)NC2(C(=O)O)CCCCCC2)c1. The van der Waals surface area contributed by atoms with Gasteiger partial charge in [-0.2, -0.15) is 0 Å². The van der Waals surface area contributed by atoms with Gasteiger partial charge in [-0.15, -0.1) is 0 Å². The molecule has 2 rings (SSSR count). The predicted octanol–water partition coefficient (Wildman–Crippen LogP) is 0.749. The quantitative estimate of drug-likeness (QED) is 0.694. The molecule has 0 saturated heterocycles. The molecule has 0 unspecified atom stereocenters. The van der Waals surface area contributed by atoms with Crippen molar-refractivity contribution < 1.29 is 14.7 Å². The average Bonchev–Trinajstić information content (AvgIpc) is 2.78. The van der Waals surface area contributed by atoms with Crippen LogP contribution in [-0.2, 0) is 11.3 Å². The Morgan fingerprint density at radius 2 is 2.00 bits per heavy atom. The van der Waals surface area contributed by atoms with E-state index in [4.69, 9.17) is 5.73 Å². The van der Waals surface area contributed by atoms with Gasteiger partial charge in [0.05, 0.1) is 6.33 Å². The zero-order valence-corrected chi connectivity index (χ0v) is 12.0. The molecule has 1 amide bonds. The van der Waals surface area contributed by atoms with Crippen LogP contribution in [0.1, 0.15) is 49.0 Å². The van der Waals surface area contributed by atoms with Crippen molar-refractivity contribution in [3.63, 3.8) is 0 Å². The lowest BCUT2D eigenvalue weighted by Gasteiger charge is -2.28. The highest BCUT2D eigenvalue weighted by atomic mass is 16.4. The van der Waals surface area contributed by atoms with Crippen LogP contribution in [0.3, 0.4) is 0 Å². The van der Waals surface area contributed by atoms with Gasteiger partial charge in [0.1, 0.15) is 11.2 Å². The standard InChI is InChI=1S/C14H22N4O3/c15-7-8-18-9-11(16-10-18)12(19)17-14(13(20)21)5-3-1-2-4-6-14/h9-10H,1-8,15H2,(H,17,19)(H,20,21). The highest BCUT2D eigenvalue weighted by molar-refractivity contribution is 5.96. The minimum absolute atomic E-state index is 0.230. The fraction of sp³-hybridized carbons (Fsp3) is 0.643. The Hall–Kier alpha value is -1.89. The molecule has 1 aliphatic rings. The summed E-state index contributed by atoms with van der Waals surface area (Å²) in [4.78, 5) is 27.9. The largest absolute Gasteiger partial charge is 0.480 e. The Morgan fingerprint density at radius 1 is 1.33 bits per heavy atom. The van der Waals surface area contributed by atoms with Gasteiger partial charge in [-0.1, -0.05) is 25.7 Å². The van der Waals surface area contributed by atoms with Crippen LogP contribution in [0.25, 0.3) is 0 Å². The molecule has 7 heteroatoms. The van der Waals surface area contributed by atoms with Gasteiger partial charge < -0.3 is 20.7 Å². The topological polar surface area (TPSA) is 110 Å². The summed E-state index contributed by atoms with van der Waals surface area (Å²) >= 11 is 0. The Bertz CT molecular complexity index is 504. The number of nitrogens with two attached hydrogens (primary N) is 1. The van der Waals surface area contributed by atoms with Gasteiger partial charge in [0.2, 0.25) is 0 Å². The Morgan fingerprint density at radius 3 is 2.57 bits per heavy atom. The number of aliphatic carboxylic acids is 1. The molecule has 1 aromatic heterocycles. The van der Waals surface area contributed by atoms with E-state index in [9.17, 15) is 14.7 Å². The van der Waals surface area contributed by atoms with Gasteiger partial charge in [-0.25, -0.2) is 9.78 Å². The number of imidazole rings is 1. The molecule has 1 fully saturated rings. The Balaban J connectivity index is 2.11. The van der Waals surface area contributed by atoms with Crippen molar-refractivity contribution >= 4 is 11.9 Å². The van der Waals surface area contributed by atoms with E-state index in [2.05, 4.69) is 10.3 Å². The second-order valence-electron chi connectivity index (χ2n) is 5.54. The zero-order chi connectivity index (χ0) is 15.3. The first-order valence-electron chi connectivity index (χ1n) is 7.35. The molecule has 0 spiro atoms. The molecule has 0 aromatic carbocycles. The van der Waals surface area contributed by atoms with Crippen LogP contribution in [0.2, 0.25) is 0 Å². The molecule has 0 atom stereocenters. The summed E-state index contributed by atoms with van der Waals surface area (Å²) < 4.78 is 1.72. The summed E-state index contributed by atoms with van der Waals surface area (Å²) in [6.07, 6.45) is 7.71. The normalized spacial score (nSPS) is 18.0. The molecule has 0 radical (unpaired) electrons. The van der Waals surface area contributed by atoms with E-state index in [1.165, 1.54) is 6.33 Å². The number of aromatic nitrogens is 2. The maximum atomic E-state index is 12.3. The number of hydrogen-bond donors (Lipinski definition) is 3. The van der Waals surface area contributed by atoms with E-state index < -0.39 is 17.4 Å². The highest BCUT2D eigenvalue weighted by Gasteiger charge is 2.40. The molecular formula is C14H22N4O3. The van der Waals surface area contributed by atoms with Crippen molar-refractivity contribution in [1.29, 1.82) is 0 Å². The van der Waals surface area contributed by atoms with Crippen LogP contribution in [0.15, 0.2) is 12.5 Å². The molecule has 4 N–H and O–H groups in total. The molecule has 1 saturated carbocycles. The monoisotopic (exact) mass is 294 g/mol. The van der Waals surface area contributed by atoms with Crippen LogP contribution in [-0.4, -0.2) is 38.6 Å². The molecule has 116 valence electrons. The molecular weight excluding hydrogens is 272 g/mol.